The van der Waals surface area contributed by atoms with Crippen LogP contribution in [0.15, 0.2) is 11.3 Å². The molecule has 1 aliphatic heterocycles. The molecule has 54 valence electrons. The van der Waals surface area contributed by atoms with Crippen LogP contribution in [0.2, 0.25) is 0 Å². The molecule has 0 saturated heterocycles. The molecule has 1 aliphatic rings. The fourth-order valence-electron chi connectivity index (χ4n) is 0.835. The molecule has 0 aromatic rings. The lowest BCUT2D eigenvalue weighted by Gasteiger charge is -2.15. The van der Waals surface area contributed by atoms with Gasteiger partial charge in [0, 0.05) is 11.3 Å². The van der Waals surface area contributed by atoms with E-state index < -0.39 is 0 Å². The van der Waals surface area contributed by atoms with E-state index in [1.807, 2.05) is 13.8 Å². The van der Waals surface area contributed by atoms with Gasteiger partial charge < -0.3 is 5.32 Å². The van der Waals surface area contributed by atoms with E-state index in [1.165, 1.54) is 0 Å². The fourth-order valence-corrected chi connectivity index (χ4v) is 1.12. The summed E-state index contributed by atoms with van der Waals surface area (Å²) < 4.78 is 0. The lowest BCUT2D eigenvalue weighted by atomic mass is 10.1. The number of nitrogens with one attached hydrogen (secondary N) is 1. The van der Waals surface area contributed by atoms with Crippen LogP contribution in [-0.2, 0) is 4.79 Å². The lowest BCUT2D eigenvalue weighted by Crippen LogP contribution is -2.29. The van der Waals surface area contributed by atoms with Crippen molar-refractivity contribution in [3.8, 4) is 0 Å². The van der Waals surface area contributed by atoms with Crippen molar-refractivity contribution in [3.05, 3.63) is 11.3 Å². The maximum absolute atomic E-state index is 11.0. The molecule has 0 amide bonds. The van der Waals surface area contributed by atoms with Crippen LogP contribution in [0.1, 0.15) is 20.3 Å². The topological polar surface area (TPSA) is 29.1 Å². The number of thiocarbonyl (C=S) groups is 1. The number of rotatable bonds is 0. The second kappa shape index (κ2) is 2.50. The first-order valence-corrected chi connectivity index (χ1v) is 3.52. The molecule has 0 aromatic carbocycles. The van der Waals surface area contributed by atoms with Gasteiger partial charge in [-0.3, -0.25) is 4.79 Å². The van der Waals surface area contributed by atoms with Crippen LogP contribution in [0, 0.1) is 0 Å². The molecule has 0 spiro atoms. The van der Waals surface area contributed by atoms with Crippen molar-refractivity contribution in [1.29, 1.82) is 0 Å². The smallest absolute Gasteiger partial charge is 0.167 e. The lowest BCUT2D eigenvalue weighted by molar-refractivity contribution is -0.114. The summed E-state index contributed by atoms with van der Waals surface area (Å²) in [4.78, 5) is 11.7. The molecular formula is C7H9NOS. The molecule has 0 aliphatic carbocycles. The highest BCUT2D eigenvalue weighted by Gasteiger charge is 2.16. The van der Waals surface area contributed by atoms with Crippen molar-refractivity contribution >= 4 is 23.0 Å². The van der Waals surface area contributed by atoms with Gasteiger partial charge in [0.05, 0.1) is 11.4 Å². The maximum atomic E-state index is 11.0. The Labute approximate surface area is 65.3 Å². The van der Waals surface area contributed by atoms with E-state index in [0.717, 1.165) is 11.3 Å². The molecule has 1 rings (SSSR count). The molecule has 0 saturated carbocycles. The largest absolute Gasteiger partial charge is 0.353 e. The van der Waals surface area contributed by atoms with Crippen molar-refractivity contribution in [1.82, 2.24) is 5.32 Å². The molecule has 0 radical (unpaired) electrons. The third-order valence-electron chi connectivity index (χ3n) is 1.63. The number of carbonyl (C=O) groups is 1. The molecule has 0 fully saturated rings. The molecule has 10 heavy (non-hydrogen) atoms. The number of carbonyl (C=O) groups excluding carboxylic acids is 1. The zero-order valence-corrected chi connectivity index (χ0v) is 6.84. The molecule has 1 heterocycles. The first-order chi connectivity index (χ1) is 4.61. The summed E-state index contributed by atoms with van der Waals surface area (Å²) in [6.07, 6.45) is 0.374. The van der Waals surface area contributed by atoms with E-state index in [4.69, 9.17) is 12.2 Å². The number of ketones is 1. The zero-order valence-electron chi connectivity index (χ0n) is 6.02. The summed E-state index contributed by atoms with van der Waals surface area (Å²) >= 11 is 4.85. The van der Waals surface area contributed by atoms with Crippen LogP contribution in [0.3, 0.4) is 0 Å². The normalized spacial score (nSPS) is 19.4. The van der Waals surface area contributed by atoms with Crippen LogP contribution < -0.4 is 5.32 Å². The average Bonchev–Trinajstić information content (AvgIpc) is 1.82. The third kappa shape index (κ3) is 1.24. The second-order valence-electron chi connectivity index (χ2n) is 2.40. The second-order valence-corrected chi connectivity index (χ2v) is 2.89. The van der Waals surface area contributed by atoms with Gasteiger partial charge in [-0.2, -0.15) is 0 Å². The van der Waals surface area contributed by atoms with Gasteiger partial charge in [0.2, 0.25) is 0 Å². The van der Waals surface area contributed by atoms with Crippen molar-refractivity contribution in [3.63, 3.8) is 0 Å². The molecule has 0 atom stereocenters. The molecule has 0 bridgehead atoms. The third-order valence-corrected chi connectivity index (χ3v) is 1.88. The van der Waals surface area contributed by atoms with Crippen LogP contribution in [-0.4, -0.2) is 10.8 Å². The standard InChI is InChI=1S/C7H9NOS/c1-4-5(2)8-7(10)3-6(4)9/h3H2,1-2H3,(H,8,10). The SMILES string of the molecule is CC1=C(C)C(=O)CC(=S)N1. The van der Waals surface area contributed by atoms with E-state index >= 15 is 0 Å². The van der Waals surface area contributed by atoms with Gasteiger partial charge in [-0.15, -0.1) is 0 Å². The molecule has 1 N–H and O–H groups in total. The average molecular weight is 155 g/mol. The predicted octanol–water partition coefficient (Wildman–Crippen LogP) is 1.17. The van der Waals surface area contributed by atoms with Gasteiger partial charge in [0.25, 0.3) is 0 Å². The molecule has 2 nitrogen and oxygen atoms in total. The highest BCUT2D eigenvalue weighted by atomic mass is 32.1. The van der Waals surface area contributed by atoms with Gasteiger partial charge in [-0.1, -0.05) is 12.2 Å². The number of allylic oxidation sites excluding steroid dienone is 2. The van der Waals surface area contributed by atoms with E-state index in [0.29, 0.717) is 11.4 Å². The zero-order chi connectivity index (χ0) is 7.72. The Morgan fingerprint density at radius 1 is 1.50 bits per heavy atom. The van der Waals surface area contributed by atoms with E-state index in [9.17, 15) is 4.79 Å². The monoisotopic (exact) mass is 155 g/mol. The highest BCUT2D eigenvalue weighted by molar-refractivity contribution is 7.80. The number of Topliss-reactive ketones (excluding diaryl/α,β-unsaturated/α-hetero) is 1. The van der Waals surface area contributed by atoms with Crippen molar-refractivity contribution in [2.45, 2.75) is 20.3 Å². The minimum Gasteiger partial charge on any atom is -0.353 e. The Kier molecular flexibility index (Phi) is 1.85. The van der Waals surface area contributed by atoms with Gasteiger partial charge in [-0.05, 0) is 13.8 Å². The Bertz CT molecular complexity index is 230. The molecule has 0 unspecified atom stereocenters. The van der Waals surface area contributed by atoms with Crippen LogP contribution in [0.4, 0.5) is 0 Å². The van der Waals surface area contributed by atoms with Gasteiger partial charge in [0.15, 0.2) is 5.78 Å². The summed E-state index contributed by atoms with van der Waals surface area (Å²) in [5.74, 6) is 0.140. The predicted molar refractivity (Wildman–Crippen MR) is 43.7 cm³/mol. The first-order valence-electron chi connectivity index (χ1n) is 3.12. The quantitative estimate of drug-likeness (QED) is 0.532. The van der Waals surface area contributed by atoms with Gasteiger partial charge >= 0.3 is 0 Å². The van der Waals surface area contributed by atoms with Crippen LogP contribution in [0.25, 0.3) is 0 Å². The molecule has 0 aromatic heterocycles. The minimum atomic E-state index is 0.140. The summed E-state index contributed by atoms with van der Waals surface area (Å²) in [5.41, 5.74) is 1.69. The summed E-state index contributed by atoms with van der Waals surface area (Å²) in [6.45, 7) is 3.67. The fraction of sp³-hybridized carbons (Fsp3) is 0.429. The molecule has 3 heteroatoms. The van der Waals surface area contributed by atoms with Crippen LogP contribution >= 0.6 is 12.2 Å². The minimum absolute atomic E-state index is 0.140. The maximum Gasteiger partial charge on any atom is 0.167 e. The summed E-state index contributed by atoms with van der Waals surface area (Å²) in [7, 11) is 0. The Hall–Kier alpha value is -0.700. The van der Waals surface area contributed by atoms with Crippen molar-refractivity contribution < 1.29 is 4.79 Å². The Morgan fingerprint density at radius 2 is 2.10 bits per heavy atom. The van der Waals surface area contributed by atoms with Gasteiger partial charge in [-0.25, -0.2) is 0 Å². The number of hydrogen-bond donors (Lipinski definition) is 1. The Balaban J connectivity index is 2.95. The Morgan fingerprint density at radius 3 is 2.60 bits per heavy atom. The van der Waals surface area contributed by atoms with E-state index in [2.05, 4.69) is 5.32 Å². The summed E-state index contributed by atoms with van der Waals surface area (Å²) in [6, 6.07) is 0. The van der Waals surface area contributed by atoms with Crippen LogP contribution in [0.5, 0.6) is 0 Å². The van der Waals surface area contributed by atoms with E-state index in [1.54, 1.807) is 0 Å². The summed E-state index contributed by atoms with van der Waals surface area (Å²) in [5, 5.41) is 2.95. The number of hydrogen-bond acceptors (Lipinski definition) is 2. The first kappa shape index (κ1) is 7.41. The van der Waals surface area contributed by atoms with E-state index in [-0.39, 0.29) is 5.78 Å². The molecular weight excluding hydrogens is 146 g/mol. The highest BCUT2D eigenvalue weighted by Crippen LogP contribution is 2.10. The van der Waals surface area contributed by atoms with Gasteiger partial charge in [0.1, 0.15) is 0 Å². The van der Waals surface area contributed by atoms with Crippen molar-refractivity contribution in [2.24, 2.45) is 0 Å². The van der Waals surface area contributed by atoms with Crippen molar-refractivity contribution in [2.75, 3.05) is 0 Å².